The fraction of sp³-hybridized carbons (Fsp3) is 0.959. The van der Waals surface area contributed by atoms with Crippen LogP contribution in [0.4, 0.5) is 0 Å². The number of hydrogen-bond donors (Lipinski definition) is 5. The summed E-state index contributed by atoms with van der Waals surface area (Å²) in [5.41, 5.74) is -12.2. The molecule has 4 saturated carbocycles. The zero-order chi connectivity index (χ0) is 83.8. The molecule has 4 amide bonds. The maximum absolute atomic E-state index is 16.8. The minimum absolute atomic E-state index is 0.0123. The Hall–Kier alpha value is -2.56. The zero-order valence-corrected chi connectivity index (χ0v) is 77.0. The van der Waals surface area contributed by atoms with E-state index in [1.807, 2.05) is 19.6 Å². The highest BCUT2D eigenvalue weighted by Gasteiger charge is 2.71. The van der Waals surface area contributed by atoms with Crippen LogP contribution in [0.25, 0.3) is 0 Å². The topological polar surface area (TPSA) is 209 Å². The van der Waals surface area contributed by atoms with Crippen molar-refractivity contribution < 1.29 is 53.4 Å². The summed E-state index contributed by atoms with van der Waals surface area (Å²) in [6.45, 7) is 36.3. The molecule has 2 atom stereocenters. The summed E-state index contributed by atoms with van der Waals surface area (Å²) >= 11 is 0. The predicted molar refractivity (Wildman–Crippen MR) is 463 cm³/mol. The van der Waals surface area contributed by atoms with Gasteiger partial charge in [0.25, 0.3) is 23.6 Å². The maximum Gasteiger partial charge on any atom is 0.257 e. The lowest BCUT2D eigenvalue weighted by Crippen LogP contribution is -2.69. The van der Waals surface area contributed by atoms with Gasteiger partial charge in [-0.15, -0.1) is 0 Å². The first-order valence-corrected chi connectivity index (χ1v) is 48.7. The molecule has 2 unspecified atom stereocenters. The lowest BCUT2D eigenvalue weighted by Gasteiger charge is -2.58. The van der Waals surface area contributed by atoms with Gasteiger partial charge in [0.1, 0.15) is 22.9 Å². The largest absolute Gasteiger partial charge is 0.390 e. The third kappa shape index (κ3) is 20.5. The Morgan fingerprint density at radius 1 is 0.241 bits per heavy atom. The molecule has 12 rings (SSSR count). The molecule has 5 N–H and O–H groups in total. The molecule has 0 aromatic rings. The number of carbonyl (C=O) groups excluding carboxylic acids is 4. The Balaban J connectivity index is 0.815. The quantitative estimate of drug-likeness (QED) is 0.123. The highest BCUT2D eigenvalue weighted by Crippen LogP contribution is 2.59. The van der Waals surface area contributed by atoms with Crippen molar-refractivity contribution in [2.75, 3.05) is 39.3 Å². The molecular formula is C97H172N8O11. The second-order valence-corrected chi connectivity index (χ2v) is 46.2. The molecule has 0 bridgehead atoms. The van der Waals surface area contributed by atoms with Crippen molar-refractivity contribution in [1.82, 2.24) is 40.0 Å². The van der Waals surface area contributed by atoms with Gasteiger partial charge in [0.05, 0.1) is 44.5 Å². The molecule has 4 aliphatic carbocycles. The number of ether oxygens (including phenoxy) is 4. The van der Waals surface area contributed by atoms with Gasteiger partial charge in [0, 0.05) is 109 Å². The Kier molecular flexibility index (Phi) is 28.9. The zero-order valence-electron chi connectivity index (χ0n) is 77.0. The van der Waals surface area contributed by atoms with Crippen LogP contribution in [0.5, 0.6) is 0 Å². The highest BCUT2D eigenvalue weighted by molar-refractivity contribution is 5.91. The first kappa shape index (κ1) is 92.6. The van der Waals surface area contributed by atoms with Gasteiger partial charge in [-0.2, -0.15) is 0 Å². The second-order valence-electron chi connectivity index (χ2n) is 46.2. The van der Waals surface area contributed by atoms with Crippen molar-refractivity contribution in [3.63, 3.8) is 0 Å². The van der Waals surface area contributed by atoms with E-state index < -0.39 is 85.8 Å². The van der Waals surface area contributed by atoms with Crippen LogP contribution in [0.15, 0.2) is 0 Å². The smallest absolute Gasteiger partial charge is 0.257 e. The minimum Gasteiger partial charge on any atom is -0.390 e. The van der Waals surface area contributed by atoms with Gasteiger partial charge in [-0.1, -0.05) is 180 Å². The van der Waals surface area contributed by atoms with Gasteiger partial charge in [0.2, 0.25) is 0 Å². The molecule has 8 saturated heterocycles. The van der Waals surface area contributed by atoms with Crippen LogP contribution in [0.2, 0.25) is 0 Å². The van der Waals surface area contributed by atoms with E-state index in [2.05, 4.69) is 131 Å². The van der Waals surface area contributed by atoms with E-state index in [0.717, 1.165) is 154 Å². The summed E-state index contributed by atoms with van der Waals surface area (Å²) in [4.78, 5) is 78.0. The van der Waals surface area contributed by atoms with Crippen molar-refractivity contribution in [2.24, 2.45) is 0 Å². The Bertz CT molecular complexity index is 2960. The molecule has 666 valence electrons. The van der Waals surface area contributed by atoms with Gasteiger partial charge < -0.3 is 64.5 Å². The number of aliphatic hydroxyl groups is 3. The Labute approximate surface area is 705 Å². The number of likely N-dealkylation sites (tertiary alicyclic amines) is 2. The molecule has 12 aliphatic rings. The standard InChI is InChI=1S/C97H172N8O11/c1-82(2)67-90(68-83(3,4)98-82)78(109)102(94(113-90)53-45-37-29-21-17-22-30-38-46-54-94)63-76(107)65-104-86(9,10)71-92(72-87(104,11)12)80(111)100(96(115-92)57-49-41-33-25-19-26-34-42-50-58-96)61-75(106)62-101-81(112)93(116-97(101)59-51-43-35-27-20-28-36-44-52-60-97)73-88(13,14)105(89(15,16)74-93)66-77(108)64-103-79(110)91(69-84(5,6)99-85(7,8)70-91)114-95(103)55-47-39-31-23-18-24-32-40-48-56-95/h75-77,98-99,106-108H,17-74H2,1-16H3. The van der Waals surface area contributed by atoms with Crippen LogP contribution in [-0.4, -0.2) is 216 Å². The van der Waals surface area contributed by atoms with E-state index in [0.29, 0.717) is 90.1 Å². The summed E-state index contributed by atoms with van der Waals surface area (Å²) in [7, 11) is 0. The first-order valence-electron chi connectivity index (χ1n) is 48.7. The van der Waals surface area contributed by atoms with Crippen molar-refractivity contribution in [3.05, 3.63) is 0 Å². The minimum atomic E-state index is -1.25. The van der Waals surface area contributed by atoms with Crippen LogP contribution in [0.3, 0.4) is 0 Å². The number of nitrogens with zero attached hydrogens (tertiary/aromatic N) is 6. The van der Waals surface area contributed by atoms with Crippen LogP contribution >= 0.6 is 0 Å². The van der Waals surface area contributed by atoms with Crippen molar-refractivity contribution in [3.8, 4) is 0 Å². The fourth-order valence-electron chi connectivity index (χ4n) is 28.0. The van der Waals surface area contributed by atoms with E-state index in [4.69, 9.17) is 18.9 Å². The van der Waals surface area contributed by atoms with Gasteiger partial charge >= 0.3 is 0 Å². The summed E-state index contributed by atoms with van der Waals surface area (Å²) in [6, 6.07) is 0. The number of piperidine rings is 4. The fourth-order valence-corrected chi connectivity index (χ4v) is 28.0. The molecule has 19 nitrogen and oxygen atoms in total. The van der Waals surface area contributed by atoms with Crippen LogP contribution in [0, 0.1) is 0 Å². The Morgan fingerprint density at radius 3 is 0.560 bits per heavy atom. The number of β-amino-alcohol motifs (C(OH)–C–C–N with tert-alkyl or cyclic N) is 3. The van der Waals surface area contributed by atoms with Crippen molar-refractivity contribution in [2.45, 2.75) is 553 Å². The molecule has 116 heavy (non-hydrogen) atoms. The number of rotatable bonds is 12. The summed E-state index contributed by atoms with van der Waals surface area (Å²) in [5, 5.41) is 47.3. The summed E-state index contributed by atoms with van der Waals surface area (Å²) in [6.07, 6.45) is 46.3. The highest BCUT2D eigenvalue weighted by atomic mass is 16.6. The predicted octanol–water partition coefficient (Wildman–Crippen LogP) is 18.7. The average Bonchev–Trinajstić information content (AvgIpc) is 1.48. The molecule has 8 aliphatic heterocycles. The third-order valence-electron chi connectivity index (χ3n) is 31.0. The molecule has 0 aromatic carbocycles. The average molecular weight is 1630 g/mol. The van der Waals surface area contributed by atoms with Gasteiger partial charge in [-0.25, -0.2) is 0 Å². The first-order chi connectivity index (χ1) is 54.5. The molecule has 19 heteroatoms. The maximum atomic E-state index is 16.8. The lowest BCUT2D eigenvalue weighted by molar-refractivity contribution is -0.208. The van der Waals surface area contributed by atoms with E-state index >= 15 is 19.2 Å². The summed E-state index contributed by atoms with van der Waals surface area (Å²) < 4.78 is 31.1. The molecule has 8 spiro atoms. The van der Waals surface area contributed by atoms with Crippen molar-refractivity contribution in [1.29, 1.82) is 0 Å². The monoisotopic (exact) mass is 1630 g/mol. The van der Waals surface area contributed by atoms with E-state index in [1.54, 1.807) is 0 Å². The van der Waals surface area contributed by atoms with Gasteiger partial charge in [0.15, 0.2) is 22.4 Å². The summed E-state index contributed by atoms with van der Waals surface area (Å²) in [5.74, 6) is -0.117. The van der Waals surface area contributed by atoms with Crippen molar-refractivity contribution >= 4 is 23.6 Å². The SMILES string of the molecule is CC1(C)CC2(CC(C)(C)N1)OC1(CCCCCCCCCCC1)N(CC(O)CN1C(C)(C)CC3(CC1(C)C)OC1(CCCCCCCCCCC1)N(CC(O)CN1C(=O)C4(CC(C)(C)N(CC(O)CN5C(=O)C6(CC(C)(C)NC(C)(C)C6)OC56CCCCCCCCCCC6)C(C)(C)C4)OC14CCCCCCCCCCC4)C3=O)C2=O. The number of aliphatic hydroxyl groups excluding tert-OH is 3. The van der Waals surface area contributed by atoms with Crippen LogP contribution in [0.1, 0.15) is 445 Å². The van der Waals surface area contributed by atoms with Crippen LogP contribution < -0.4 is 10.6 Å². The number of nitrogens with one attached hydrogen (secondary N) is 2. The number of carbonyl (C=O) groups is 4. The molecule has 8 heterocycles. The molecular weight excluding hydrogens is 1450 g/mol. The third-order valence-corrected chi connectivity index (χ3v) is 31.0. The van der Waals surface area contributed by atoms with Crippen LogP contribution in [-0.2, 0) is 38.1 Å². The van der Waals surface area contributed by atoms with E-state index in [1.165, 1.54) is 103 Å². The lowest BCUT2D eigenvalue weighted by atomic mass is 9.70. The normalized spacial score (nSPS) is 31.2. The molecule has 0 radical (unpaired) electrons. The number of amides is 4. The molecule has 12 fully saturated rings. The Morgan fingerprint density at radius 2 is 0.388 bits per heavy atom. The second kappa shape index (κ2) is 36.2. The molecule has 0 aromatic heterocycles. The number of hydrogen-bond acceptors (Lipinski definition) is 15. The van der Waals surface area contributed by atoms with Gasteiger partial charge in [-0.05, 0) is 214 Å². The van der Waals surface area contributed by atoms with Gasteiger partial charge in [-0.3, -0.25) is 29.0 Å². The van der Waals surface area contributed by atoms with E-state index in [-0.39, 0.29) is 72.0 Å². The van der Waals surface area contributed by atoms with E-state index in [9.17, 15) is 15.3 Å².